The number of alkyl halides is 3. The van der Waals surface area contributed by atoms with Gasteiger partial charge in [-0.2, -0.15) is 13.2 Å². The van der Waals surface area contributed by atoms with Gasteiger partial charge >= 0.3 is 6.18 Å². The molecule has 2 rings (SSSR count). The maximum Gasteiger partial charge on any atom is 0.416 e. The molecule has 0 radical (unpaired) electrons. The van der Waals surface area contributed by atoms with Crippen molar-refractivity contribution in [2.45, 2.75) is 32.0 Å². The van der Waals surface area contributed by atoms with E-state index in [1.165, 1.54) is 0 Å². The largest absolute Gasteiger partial charge is 0.416 e. The number of benzene rings is 2. The number of nitro benzene ring substituents is 1. The van der Waals surface area contributed by atoms with Gasteiger partial charge in [-0.05, 0) is 37.5 Å². The zero-order valence-corrected chi connectivity index (χ0v) is 13.0. The Morgan fingerprint density at radius 3 is 2.42 bits per heavy atom. The van der Waals surface area contributed by atoms with Crippen LogP contribution in [0.4, 0.5) is 24.5 Å². The summed E-state index contributed by atoms with van der Waals surface area (Å²) in [5, 5.41) is 14.0. The molecule has 2 aromatic rings. The first-order chi connectivity index (χ1) is 11.3. The van der Waals surface area contributed by atoms with Gasteiger partial charge < -0.3 is 5.32 Å². The van der Waals surface area contributed by atoms with Gasteiger partial charge in [-0.3, -0.25) is 10.1 Å². The van der Waals surface area contributed by atoms with Crippen LogP contribution in [-0.2, 0) is 12.6 Å². The molecule has 0 aliphatic heterocycles. The van der Waals surface area contributed by atoms with E-state index in [-0.39, 0.29) is 11.7 Å². The molecule has 1 unspecified atom stereocenters. The molecular weight excluding hydrogens is 321 g/mol. The number of aryl methyl sites for hydroxylation is 1. The summed E-state index contributed by atoms with van der Waals surface area (Å²) >= 11 is 0. The van der Waals surface area contributed by atoms with Crippen molar-refractivity contribution in [2.75, 3.05) is 5.32 Å². The number of nitro groups is 1. The zero-order chi connectivity index (χ0) is 17.7. The van der Waals surface area contributed by atoms with Crippen LogP contribution in [0.3, 0.4) is 0 Å². The Balaban J connectivity index is 2.09. The number of nitrogens with one attached hydrogen (secondary N) is 1. The first-order valence-electron chi connectivity index (χ1n) is 7.43. The van der Waals surface area contributed by atoms with Gasteiger partial charge in [0.1, 0.15) is 5.69 Å². The number of anilines is 1. The summed E-state index contributed by atoms with van der Waals surface area (Å²) in [4.78, 5) is 10.3. The molecule has 0 amide bonds. The highest BCUT2D eigenvalue weighted by atomic mass is 19.4. The first-order valence-corrected chi connectivity index (χ1v) is 7.43. The Hall–Kier alpha value is -2.57. The molecule has 0 spiro atoms. The molecule has 7 heteroatoms. The summed E-state index contributed by atoms with van der Waals surface area (Å²) in [5.41, 5.74) is -0.380. The first kappa shape index (κ1) is 17.8. The Morgan fingerprint density at radius 2 is 1.83 bits per heavy atom. The van der Waals surface area contributed by atoms with Crippen LogP contribution in [-0.4, -0.2) is 11.0 Å². The minimum atomic E-state index is -4.61. The van der Waals surface area contributed by atoms with Crippen molar-refractivity contribution in [1.82, 2.24) is 0 Å². The van der Waals surface area contributed by atoms with E-state index in [0.29, 0.717) is 12.5 Å². The number of rotatable bonds is 6. The van der Waals surface area contributed by atoms with Crippen molar-refractivity contribution in [3.63, 3.8) is 0 Å². The smallest absolute Gasteiger partial charge is 0.377 e. The van der Waals surface area contributed by atoms with Crippen LogP contribution in [0.1, 0.15) is 24.5 Å². The Kier molecular flexibility index (Phi) is 5.43. The van der Waals surface area contributed by atoms with Crippen LogP contribution < -0.4 is 5.32 Å². The van der Waals surface area contributed by atoms with Crippen LogP contribution >= 0.6 is 0 Å². The average Bonchev–Trinajstić information content (AvgIpc) is 2.53. The van der Waals surface area contributed by atoms with Crippen LogP contribution in [0.5, 0.6) is 0 Å². The molecule has 2 aromatic carbocycles. The fourth-order valence-corrected chi connectivity index (χ4v) is 2.35. The van der Waals surface area contributed by atoms with Crippen molar-refractivity contribution in [2.24, 2.45) is 0 Å². The Bertz CT molecular complexity index is 703. The van der Waals surface area contributed by atoms with Gasteiger partial charge in [0.05, 0.1) is 10.5 Å². The van der Waals surface area contributed by atoms with Crippen LogP contribution in [0.25, 0.3) is 0 Å². The van der Waals surface area contributed by atoms with Crippen molar-refractivity contribution in [3.8, 4) is 0 Å². The van der Waals surface area contributed by atoms with E-state index < -0.39 is 22.4 Å². The summed E-state index contributed by atoms with van der Waals surface area (Å²) in [7, 11) is 0. The van der Waals surface area contributed by atoms with E-state index in [2.05, 4.69) is 5.32 Å². The fourth-order valence-electron chi connectivity index (χ4n) is 2.35. The van der Waals surface area contributed by atoms with E-state index in [4.69, 9.17) is 0 Å². The van der Waals surface area contributed by atoms with Gasteiger partial charge in [-0.25, -0.2) is 0 Å². The van der Waals surface area contributed by atoms with Gasteiger partial charge in [0, 0.05) is 12.1 Å². The highest BCUT2D eigenvalue weighted by Gasteiger charge is 2.33. The van der Waals surface area contributed by atoms with E-state index in [1.54, 1.807) is 0 Å². The van der Waals surface area contributed by atoms with E-state index >= 15 is 0 Å². The number of hydrogen-bond acceptors (Lipinski definition) is 3. The molecule has 128 valence electrons. The summed E-state index contributed by atoms with van der Waals surface area (Å²) in [6, 6.07) is 12.1. The van der Waals surface area contributed by atoms with Gasteiger partial charge in [0.25, 0.3) is 5.69 Å². The summed E-state index contributed by atoms with van der Waals surface area (Å²) in [5.74, 6) is 0. The lowest BCUT2D eigenvalue weighted by molar-refractivity contribution is -0.384. The maximum atomic E-state index is 12.7. The minimum Gasteiger partial charge on any atom is -0.377 e. The molecule has 0 saturated carbocycles. The Morgan fingerprint density at radius 1 is 1.17 bits per heavy atom. The lowest BCUT2D eigenvalue weighted by Crippen LogP contribution is -2.17. The SMILES string of the molecule is CC(CCc1ccccc1)Nc1ccc(C(F)(F)F)cc1[N+](=O)[O-]. The minimum absolute atomic E-state index is 0.0913. The quantitative estimate of drug-likeness (QED) is 0.592. The molecular formula is C17H17F3N2O2. The molecule has 0 aliphatic rings. The molecule has 0 aliphatic carbocycles. The van der Waals surface area contributed by atoms with E-state index in [9.17, 15) is 23.3 Å². The van der Waals surface area contributed by atoms with Crippen molar-refractivity contribution < 1.29 is 18.1 Å². The topological polar surface area (TPSA) is 55.2 Å². The second kappa shape index (κ2) is 7.33. The summed E-state index contributed by atoms with van der Waals surface area (Å²) < 4.78 is 38.1. The summed E-state index contributed by atoms with van der Waals surface area (Å²) in [6.45, 7) is 1.84. The second-order valence-corrected chi connectivity index (χ2v) is 5.56. The van der Waals surface area contributed by atoms with Crippen LogP contribution in [0, 0.1) is 10.1 Å². The molecule has 4 nitrogen and oxygen atoms in total. The van der Waals surface area contributed by atoms with Gasteiger partial charge in [0.15, 0.2) is 0 Å². The summed E-state index contributed by atoms with van der Waals surface area (Å²) in [6.07, 6.45) is -3.14. The number of hydrogen-bond donors (Lipinski definition) is 1. The highest BCUT2D eigenvalue weighted by Crippen LogP contribution is 2.35. The predicted octanol–water partition coefficient (Wildman–Crippen LogP) is 5.05. The lowest BCUT2D eigenvalue weighted by Gasteiger charge is -2.16. The third-order valence-electron chi connectivity index (χ3n) is 3.63. The molecule has 0 heterocycles. The second-order valence-electron chi connectivity index (χ2n) is 5.56. The fraction of sp³-hybridized carbons (Fsp3) is 0.294. The molecule has 0 aromatic heterocycles. The molecule has 0 saturated heterocycles. The molecule has 24 heavy (non-hydrogen) atoms. The number of halogens is 3. The van der Waals surface area contributed by atoms with Crippen molar-refractivity contribution >= 4 is 11.4 Å². The molecule has 0 fully saturated rings. The third-order valence-corrected chi connectivity index (χ3v) is 3.63. The predicted molar refractivity (Wildman–Crippen MR) is 85.9 cm³/mol. The normalized spacial score (nSPS) is 12.7. The number of nitrogens with zero attached hydrogens (tertiary/aromatic N) is 1. The van der Waals surface area contributed by atoms with E-state index in [0.717, 1.165) is 24.1 Å². The lowest BCUT2D eigenvalue weighted by atomic mass is 10.1. The monoisotopic (exact) mass is 338 g/mol. The van der Waals surface area contributed by atoms with Gasteiger partial charge in [0.2, 0.25) is 0 Å². The maximum absolute atomic E-state index is 12.7. The zero-order valence-electron chi connectivity index (χ0n) is 13.0. The van der Waals surface area contributed by atoms with Gasteiger partial charge in [-0.15, -0.1) is 0 Å². The van der Waals surface area contributed by atoms with E-state index in [1.807, 2.05) is 37.3 Å². The van der Waals surface area contributed by atoms with Crippen LogP contribution in [0.2, 0.25) is 0 Å². The van der Waals surface area contributed by atoms with Crippen molar-refractivity contribution in [3.05, 3.63) is 69.8 Å². The van der Waals surface area contributed by atoms with Crippen molar-refractivity contribution in [1.29, 1.82) is 0 Å². The standard InChI is InChI=1S/C17H17F3N2O2/c1-12(7-8-13-5-3-2-4-6-13)21-15-10-9-14(17(18,19)20)11-16(15)22(23)24/h2-6,9-12,21H,7-8H2,1H3. The van der Waals surface area contributed by atoms with Crippen LogP contribution in [0.15, 0.2) is 48.5 Å². The van der Waals surface area contributed by atoms with Gasteiger partial charge in [-0.1, -0.05) is 30.3 Å². The Labute approximate surface area is 137 Å². The highest BCUT2D eigenvalue weighted by molar-refractivity contribution is 5.63. The molecule has 1 atom stereocenters. The molecule has 1 N–H and O–H groups in total. The average molecular weight is 338 g/mol. The third kappa shape index (κ3) is 4.71. The molecule has 0 bridgehead atoms.